The first kappa shape index (κ1) is 20.9. The summed E-state index contributed by atoms with van der Waals surface area (Å²) in [6.45, 7) is 2.48. The maximum Gasteiger partial charge on any atom is 0.358 e. The fourth-order valence-corrected chi connectivity index (χ4v) is 3.45. The maximum absolute atomic E-state index is 10.7. The first-order chi connectivity index (χ1) is 13.1. The van der Waals surface area contributed by atoms with Gasteiger partial charge < -0.3 is 25.9 Å². The van der Waals surface area contributed by atoms with E-state index in [9.17, 15) is 4.79 Å². The van der Waals surface area contributed by atoms with Gasteiger partial charge in [-0.2, -0.15) is 0 Å². The van der Waals surface area contributed by atoms with E-state index >= 15 is 0 Å². The van der Waals surface area contributed by atoms with Crippen LogP contribution in [-0.2, 0) is 9.53 Å². The molecule has 3 rings (SSSR count). The molecule has 0 bridgehead atoms. The van der Waals surface area contributed by atoms with E-state index in [-0.39, 0.29) is 17.7 Å². The largest absolute Gasteiger partial charge is 0.476 e. The lowest BCUT2D eigenvalue weighted by molar-refractivity contribution is -0.133. The van der Waals surface area contributed by atoms with Crippen molar-refractivity contribution in [3.05, 3.63) is 41.9 Å². The van der Waals surface area contributed by atoms with Crippen LogP contribution in [0.2, 0.25) is 0 Å². The molecule has 7 heteroatoms. The summed E-state index contributed by atoms with van der Waals surface area (Å²) >= 11 is 0. The van der Waals surface area contributed by atoms with E-state index in [0.717, 1.165) is 25.7 Å². The minimum atomic E-state index is -1.22. The number of piperidine rings is 1. The van der Waals surface area contributed by atoms with Gasteiger partial charge in [-0.25, -0.2) is 4.79 Å². The van der Waals surface area contributed by atoms with Crippen molar-refractivity contribution >= 4 is 11.7 Å². The number of anilines is 1. The van der Waals surface area contributed by atoms with Gasteiger partial charge >= 0.3 is 5.97 Å². The maximum atomic E-state index is 10.7. The van der Waals surface area contributed by atoms with Crippen LogP contribution in [0.15, 0.2) is 41.9 Å². The highest BCUT2D eigenvalue weighted by Gasteiger charge is 2.19. The van der Waals surface area contributed by atoms with E-state index < -0.39 is 5.97 Å². The van der Waals surface area contributed by atoms with Crippen molar-refractivity contribution in [1.29, 1.82) is 0 Å². The average Bonchev–Trinajstić information content (AvgIpc) is 2.71. The molecule has 7 nitrogen and oxygen atoms in total. The number of aliphatic carboxylic acids is 1. The molecular weight excluding hydrogens is 344 g/mol. The zero-order valence-electron chi connectivity index (χ0n) is 15.9. The number of hydrazine groups is 1. The topological polar surface area (TPSA) is 114 Å². The van der Waals surface area contributed by atoms with Gasteiger partial charge in [0.1, 0.15) is 6.10 Å². The number of nitrogens with one attached hydrogen (secondary N) is 1. The normalized spacial score (nSPS) is 18.6. The van der Waals surface area contributed by atoms with Gasteiger partial charge in [0.25, 0.3) is 0 Å². The second kappa shape index (κ2) is 11.3. The van der Waals surface area contributed by atoms with E-state index in [0.29, 0.717) is 0 Å². The molecule has 1 heterocycles. The summed E-state index contributed by atoms with van der Waals surface area (Å²) in [5.74, 6) is 3.67. The van der Waals surface area contributed by atoms with Gasteiger partial charge in [0.2, 0.25) is 5.88 Å². The number of benzene rings is 1. The Morgan fingerprint density at radius 3 is 2.19 bits per heavy atom. The van der Waals surface area contributed by atoms with Crippen molar-refractivity contribution in [3.63, 3.8) is 0 Å². The molecule has 1 aliphatic heterocycles. The first-order valence-electron chi connectivity index (χ1n) is 9.78. The van der Waals surface area contributed by atoms with Gasteiger partial charge in [0.05, 0.1) is 0 Å². The predicted octanol–water partition coefficient (Wildman–Crippen LogP) is 2.69. The third kappa shape index (κ3) is 7.02. The molecule has 2 fully saturated rings. The number of para-hydroxylation sites is 1. The Morgan fingerprint density at radius 2 is 1.63 bits per heavy atom. The second-order valence-corrected chi connectivity index (χ2v) is 6.95. The Balaban J connectivity index is 0.000000198. The lowest BCUT2D eigenvalue weighted by Gasteiger charge is -2.28. The van der Waals surface area contributed by atoms with Crippen LogP contribution < -0.4 is 21.9 Å². The van der Waals surface area contributed by atoms with Crippen LogP contribution in [0.4, 0.5) is 5.69 Å². The smallest absolute Gasteiger partial charge is 0.358 e. The van der Waals surface area contributed by atoms with Crippen LogP contribution in [0.25, 0.3) is 0 Å². The fourth-order valence-electron chi connectivity index (χ4n) is 3.45. The van der Waals surface area contributed by atoms with Crippen molar-refractivity contribution in [1.82, 2.24) is 5.43 Å². The van der Waals surface area contributed by atoms with E-state index in [2.05, 4.69) is 35.2 Å². The standard InChI is InChI=1S/C11H15N.C9H17N3O3/c1-3-7-11(8-4-1)12-9-5-2-6-10-12;10-8(7(12-11)9(13)14)15-6-4-2-1-3-5-6/h1,3-4,7-8H,2,5-6,9-10H2;6,12H,1-5,10-11H2,(H,13,14)/b;8-7+. The summed E-state index contributed by atoms with van der Waals surface area (Å²) in [6.07, 6.45) is 9.35. The van der Waals surface area contributed by atoms with Gasteiger partial charge in [-0.05, 0) is 57.1 Å². The van der Waals surface area contributed by atoms with Crippen LogP contribution in [0.1, 0.15) is 51.4 Å². The van der Waals surface area contributed by atoms with Crippen molar-refractivity contribution in [2.45, 2.75) is 57.5 Å². The summed E-state index contributed by atoms with van der Waals surface area (Å²) in [6, 6.07) is 10.7. The lowest BCUT2D eigenvalue weighted by Crippen LogP contribution is -2.32. The molecular formula is C20H32N4O3. The Kier molecular flexibility index (Phi) is 8.77. The van der Waals surface area contributed by atoms with Crippen LogP contribution in [0, 0.1) is 0 Å². The zero-order valence-corrected chi connectivity index (χ0v) is 15.9. The predicted molar refractivity (Wildman–Crippen MR) is 107 cm³/mol. The first-order valence-corrected chi connectivity index (χ1v) is 9.78. The summed E-state index contributed by atoms with van der Waals surface area (Å²) in [7, 11) is 0. The molecule has 1 saturated carbocycles. The number of hydrogen-bond acceptors (Lipinski definition) is 6. The van der Waals surface area contributed by atoms with E-state index in [1.54, 1.807) is 0 Å². The Morgan fingerprint density at radius 1 is 1.04 bits per heavy atom. The summed E-state index contributed by atoms with van der Waals surface area (Å²) in [4.78, 5) is 13.1. The highest BCUT2D eigenvalue weighted by Crippen LogP contribution is 2.22. The molecule has 1 saturated heterocycles. The Bertz CT molecular complexity index is 595. The van der Waals surface area contributed by atoms with Gasteiger partial charge in [-0.3, -0.25) is 5.84 Å². The fraction of sp³-hybridized carbons (Fsp3) is 0.550. The molecule has 150 valence electrons. The third-order valence-corrected chi connectivity index (χ3v) is 4.93. The second-order valence-electron chi connectivity index (χ2n) is 6.95. The average molecular weight is 377 g/mol. The lowest BCUT2D eigenvalue weighted by atomic mass is 9.98. The quantitative estimate of drug-likeness (QED) is 0.270. The molecule has 0 amide bonds. The van der Waals surface area contributed by atoms with E-state index in [1.807, 2.05) is 5.43 Å². The van der Waals surface area contributed by atoms with Gasteiger partial charge in [-0.15, -0.1) is 0 Å². The molecule has 1 aliphatic carbocycles. The number of nitrogens with two attached hydrogens (primary N) is 2. The number of ether oxygens (including phenoxy) is 1. The van der Waals surface area contributed by atoms with Crippen molar-refractivity contribution in [2.75, 3.05) is 18.0 Å². The van der Waals surface area contributed by atoms with Gasteiger partial charge in [0.15, 0.2) is 5.70 Å². The van der Waals surface area contributed by atoms with Crippen molar-refractivity contribution < 1.29 is 14.6 Å². The number of rotatable bonds is 5. The summed E-state index contributed by atoms with van der Waals surface area (Å²) in [5.41, 5.74) is 8.61. The third-order valence-electron chi connectivity index (χ3n) is 4.93. The van der Waals surface area contributed by atoms with E-state index in [4.69, 9.17) is 21.4 Å². The molecule has 27 heavy (non-hydrogen) atoms. The minimum absolute atomic E-state index is 0.0152. The van der Waals surface area contributed by atoms with Crippen molar-refractivity contribution in [3.8, 4) is 0 Å². The Hall–Kier alpha value is -2.41. The van der Waals surface area contributed by atoms with Crippen LogP contribution in [-0.4, -0.2) is 30.3 Å². The number of hydrogen-bond donors (Lipinski definition) is 4. The number of carbonyl (C=O) groups is 1. The molecule has 2 aliphatic rings. The number of carboxylic acids is 1. The highest BCUT2D eigenvalue weighted by atomic mass is 16.5. The van der Waals surface area contributed by atoms with Crippen LogP contribution in [0.3, 0.4) is 0 Å². The van der Waals surface area contributed by atoms with E-state index in [1.165, 1.54) is 44.5 Å². The molecule has 1 aromatic carbocycles. The number of nitrogens with zero attached hydrogens (tertiary/aromatic N) is 1. The molecule has 0 radical (unpaired) electrons. The summed E-state index contributed by atoms with van der Waals surface area (Å²) < 4.78 is 5.34. The molecule has 6 N–H and O–H groups in total. The van der Waals surface area contributed by atoms with Crippen LogP contribution >= 0.6 is 0 Å². The molecule has 0 unspecified atom stereocenters. The molecule has 0 spiro atoms. The molecule has 0 aromatic heterocycles. The molecule has 1 aromatic rings. The van der Waals surface area contributed by atoms with Crippen molar-refractivity contribution in [2.24, 2.45) is 11.6 Å². The SMILES string of the molecule is NN/C(C(=O)O)=C(\N)OC1CCCCC1.c1ccc(N2CCCCC2)cc1. The summed E-state index contributed by atoms with van der Waals surface area (Å²) in [5, 5.41) is 8.71. The zero-order chi connectivity index (χ0) is 19.5. The van der Waals surface area contributed by atoms with Gasteiger partial charge in [-0.1, -0.05) is 24.6 Å². The highest BCUT2D eigenvalue weighted by molar-refractivity contribution is 5.86. The minimum Gasteiger partial charge on any atom is -0.476 e. The monoisotopic (exact) mass is 376 g/mol. The van der Waals surface area contributed by atoms with Crippen LogP contribution in [0.5, 0.6) is 0 Å². The molecule has 0 atom stereocenters. The number of carboxylic acid groups (broad SMARTS) is 1. The Labute approximate surface area is 161 Å². The van der Waals surface area contributed by atoms with Gasteiger partial charge in [0, 0.05) is 18.8 Å².